The summed E-state index contributed by atoms with van der Waals surface area (Å²) in [6.07, 6.45) is -0.848. The maximum atomic E-state index is 11.2. The normalized spacial score (nSPS) is 19.2. The minimum atomic E-state index is -0.848. The molecule has 14 heavy (non-hydrogen) atoms. The first kappa shape index (κ1) is 9.14. The monoisotopic (exact) mass is 196 g/mol. The zero-order valence-corrected chi connectivity index (χ0v) is 7.43. The highest BCUT2D eigenvalue weighted by molar-refractivity contribution is 5.93. The third-order valence-electron chi connectivity index (χ3n) is 1.84. The van der Waals surface area contributed by atoms with Gasteiger partial charge in [-0.3, -0.25) is 0 Å². The van der Waals surface area contributed by atoms with Gasteiger partial charge in [0.05, 0.1) is 12.7 Å². The van der Waals surface area contributed by atoms with E-state index in [0.717, 1.165) is 0 Å². The van der Waals surface area contributed by atoms with E-state index in [4.69, 9.17) is 4.74 Å². The van der Waals surface area contributed by atoms with Gasteiger partial charge in [-0.15, -0.1) is 0 Å². The van der Waals surface area contributed by atoms with Gasteiger partial charge in [-0.2, -0.15) is 4.89 Å². The van der Waals surface area contributed by atoms with E-state index in [0.29, 0.717) is 11.1 Å². The molecule has 1 atom stereocenters. The van der Waals surface area contributed by atoms with E-state index in [1.165, 1.54) is 7.11 Å². The third kappa shape index (κ3) is 1.48. The lowest BCUT2D eigenvalue weighted by atomic mass is 10.1. The van der Waals surface area contributed by atoms with Crippen molar-refractivity contribution in [2.75, 3.05) is 7.11 Å². The molecule has 0 saturated heterocycles. The van der Waals surface area contributed by atoms with Gasteiger partial charge in [0.15, 0.2) is 0 Å². The Morgan fingerprint density at radius 3 is 2.93 bits per heavy atom. The maximum absolute atomic E-state index is 11.2. The fourth-order valence-electron chi connectivity index (χ4n) is 1.26. The molecule has 0 spiro atoms. The highest BCUT2D eigenvalue weighted by atomic mass is 17.5. The van der Waals surface area contributed by atoms with E-state index in [9.17, 15) is 4.79 Å². The Kier molecular flexibility index (Phi) is 2.45. The summed E-state index contributed by atoms with van der Waals surface area (Å²) >= 11 is 0. The summed E-state index contributed by atoms with van der Waals surface area (Å²) in [6.45, 7) is 0. The van der Waals surface area contributed by atoms with Crippen LogP contribution in [0.1, 0.15) is 22.2 Å². The molecule has 5 nitrogen and oxygen atoms in total. The molecule has 1 unspecified atom stereocenters. The van der Waals surface area contributed by atoms with Gasteiger partial charge in [-0.05, 0) is 6.07 Å². The summed E-state index contributed by atoms with van der Waals surface area (Å²) in [5.41, 5.74) is 1.12. The zero-order valence-electron chi connectivity index (χ0n) is 7.43. The molecular formula is C9H8O5. The highest BCUT2D eigenvalue weighted by Crippen LogP contribution is 2.31. The molecule has 0 radical (unpaired) electrons. The molecule has 1 aromatic rings. The summed E-state index contributed by atoms with van der Waals surface area (Å²) in [5, 5.41) is 4.25. The Morgan fingerprint density at radius 1 is 1.36 bits per heavy atom. The zero-order chi connectivity index (χ0) is 9.97. The smallest absolute Gasteiger partial charge is 0.341 e. The number of fused-ring (bicyclic) bond motifs is 1. The van der Waals surface area contributed by atoms with Crippen LogP contribution in [0.2, 0.25) is 0 Å². The van der Waals surface area contributed by atoms with Gasteiger partial charge in [-0.1, -0.05) is 23.2 Å². The number of cyclic esters (lactones) is 1. The Hall–Kier alpha value is -1.43. The van der Waals surface area contributed by atoms with Crippen LogP contribution in [0.4, 0.5) is 0 Å². The molecule has 0 aliphatic carbocycles. The molecule has 1 aliphatic heterocycles. The quantitative estimate of drug-likeness (QED) is 0.415. The second kappa shape index (κ2) is 3.75. The van der Waals surface area contributed by atoms with Crippen LogP contribution in [-0.2, 0) is 19.6 Å². The van der Waals surface area contributed by atoms with Gasteiger partial charge < -0.3 is 4.74 Å². The Balaban J connectivity index is 2.21. The van der Waals surface area contributed by atoms with Crippen molar-refractivity contribution in [1.82, 2.24) is 0 Å². The van der Waals surface area contributed by atoms with Crippen molar-refractivity contribution in [2.45, 2.75) is 6.29 Å². The van der Waals surface area contributed by atoms with Crippen molar-refractivity contribution in [1.29, 1.82) is 0 Å². The second-order valence-electron chi connectivity index (χ2n) is 2.66. The lowest BCUT2D eigenvalue weighted by molar-refractivity contribution is -0.536. The van der Waals surface area contributed by atoms with Gasteiger partial charge in [0, 0.05) is 5.56 Å². The van der Waals surface area contributed by atoms with Crippen LogP contribution in [0.25, 0.3) is 0 Å². The number of carbonyl (C=O) groups excluding carboxylic acids is 1. The minimum absolute atomic E-state index is 0.426. The van der Waals surface area contributed by atoms with E-state index >= 15 is 0 Å². The van der Waals surface area contributed by atoms with Gasteiger partial charge in [-0.25, -0.2) is 9.68 Å². The number of carbonyl (C=O) groups is 1. The molecule has 74 valence electrons. The average molecular weight is 196 g/mol. The number of ether oxygens (including phenoxy) is 1. The fourth-order valence-corrected chi connectivity index (χ4v) is 1.26. The van der Waals surface area contributed by atoms with E-state index in [1.807, 2.05) is 0 Å². The van der Waals surface area contributed by atoms with Gasteiger partial charge in [0.2, 0.25) is 0 Å². The van der Waals surface area contributed by atoms with Crippen molar-refractivity contribution < 1.29 is 24.3 Å². The number of hydrogen-bond acceptors (Lipinski definition) is 5. The standard InChI is InChI=1S/C9H8O5/c1-11-14-13-9-7-5-3-2-4-6(7)8(10)12-9/h2-5,9H,1H3. The molecule has 1 aromatic carbocycles. The lowest BCUT2D eigenvalue weighted by Crippen LogP contribution is -2.04. The first-order chi connectivity index (χ1) is 6.83. The predicted octanol–water partition coefficient (Wildman–Crippen LogP) is 1.37. The molecule has 0 amide bonds. The van der Waals surface area contributed by atoms with Crippen molar-refractivity contribution in [3.63, 3.8) is 0 Å². The third-order valence-corrected chi connectivity index (χ3v) is 1.84. The molecule has 1 aliphatic rings. The van der Waals surface area contributed by atoms with Crippen LogP contribution in [0.15, 0.2) is 24.3 Å². The molecule has 0 N–H and O–H groups in total. The predicted molar refractivity (Wildman–Crippen MR) is 43.8 cm³/mol. The molecule has 0 saturated carbocycles. The number of hydrogen-bond donors (Lipinski definition) is 0. The average Bonchev–Trinajstić information content (AvgIpc) is 2.54. The van der Waals surface area contributed by atoms with Crippen LogP contribution >= 0.6 is 0 Å². The second-order valence-corrected chi connectivity index (χ2v) is 2.66. The van der Waals surface area contributed by atoms with Crippen LogP contribution in [0.5, 0.6) is 0 Å². The maximum Gasteiger partial charge on any atom is 0.341 e. The summed E-state index contributed by atoms with van der Waals surface area (Å²) < 4.78 is 4.87. The van der Waals surface area contributed by atoms with Crippen molar-refractivity contribution in [2.24, 2.45) is 0 Å². The van der Waals surface area contributed by atoms with E-state index < -0.39 is 12.3 Å². The summed E-state index contributed by atoms with van der Waals surface area (Å²) in [5.74, 6) is -0.426. The van der Waals surface area contributed by atoms with E-state index in [1.54, 1.807) is 24.3 Å². The Bertz CT molecular complexity index is 349. The van der Waals surface area contributed by atoms with Crippen molar-refractivity contribution >= 4 is 5.97 Å². The summed E-state index contributed by atoms with van der Waals surface area (Å²) in [6, 6.07) is 6.92. The molecule has 0 bridgehead atoms. The van der Waals surface area contributed by atoms with Crippen molar-refractivity contribution in [3.8, 4) is 0 Å². The van der Waals surface area contributed by atoms with Crippen LogP contribution < -0.4 is 0 Å². The molecule has 0 fully saturated rings. The molecular weight excluding hydrogens is 188 g/mol. The fraction of sp³-hybridized carbons (Fsp3) is 0.222. The van der Waals surface area contributed by atoms with Crippen LogP contribution in [-0.4, -0.2) is 13.1 Å². The van der Waals surface area contributed by atoms with Gasteiger partial charge >= 0.3 is 5.97 Å². The summed E-state index contributed by atoms with van der Waals surface area (Å²) in [4.78, 5) is 20.2. The highest BCUT2D eigenvalue weighted by Gasteiger charge is 2.32. The SMILES string of the molecule is COOOC1OC(=O)c2ccccc21. The first-order valence-electron chi connectivity index (χ1n) is 3.99. The van der Waals surface area contributed by atoms with Gasteiger partial charge in [0.25, 0.3) is 6.29 Å². The Labute approximate surface area is 80.0 Å². The van der Waals surface area contributed by atoms with E-state index in [2.05, 4.69) is 14.8 Å². The lowest BCUT2D eigenvalue weighted by Gasteiger charge is -2.07. The number of esters is 1. The molecule has 1 heterocycles. The van der Waals surface area contributed by atoms with Gasteiger partial charge in [0.1, 0.15) is 0 Å². The largest absolute Gasteiger partial charge is 0.425 e. The topological polar surface area (TPSA) is 54.0 Å². The van der Waals surface area contributed by atoms with Crippen LogP contribution in [0.3, 0.4) is 0 Å². The summed E-state index contributed by atoms with van der Waals surface area (Å²) in [7, 11) is 1.29. The number of rotatable bonds is 3. The first-order valence-corrected chi connectivity index (χ1v) is 3.99. The Morgan fingerprint density at radius 2 is 2.14 bits per heavy atom. The number of benzene rings is 1. The van der Waals surface area contributed by atoms with Crippen LogP contribution in [0, 0.1) is 0 Å². The molecule has 5 heteroatoms. The minimum Gasteiger partial charge on any atom is -0.425 e. The molecule has 0 aromatic heterocycles. The van der Waals surface area contributed by atoms with E-state index in [-0.39, 0.29) is 0 Å². The molecule has 2 rings (SSSR count). The van der Waals surface area contributed by atoms with Crippen molar-refractivity contribution in [3.05, 3.63) is 35.4 Å².